The molecular weight excluding hydrogens is 690 g/mol. The number of hydrogen-bond acceptors (Lipinski definition) is 11. The molecule has 2 rings (SSSR count). The van der Waals surface area contributed by atoms with Gasteiger partial charge in [0, 0.05) is 49.1 Å². The Bertz CT molecular complexity index is 1400. The number of oxime groups is 1. The number of aromatic nitrogens is 3. The van der Waals surface area contributed by atoms with E-state index in [0.717, 1.165) is 11.3 Å². The maximum atomic E-state index is 12.7. The summed E-state index contributed by atoms with van der Waals surface area (Å²) in [5.41, 5.74) is 0.104. The van der Waals surface area contributed by atoms with Crippen LogP contribution in [0.5, 0.6) is 0 Å². The van der Waals surface area contributed by atoms with Crippen LogP contribution >= 0.6 is 0 Å². The molecule has 0 radical (unpaired) electrons. The molecule has 0 aliphatic rings. The van der Waals surface area contributed by atoms with Gasteiger partial charge in [0.1, 0.15) is 30.6 Å². The summed E-state index contributed by atoms with van der Waals surface area (Å²) < 4.78 is 19.1. The van der Waals surface area contributed by atoms with Gasteiger partial charge in [-0.15, -0.1) is 13.2 Å². The van der Waals surface area contributed by atoms with Crippen LogP contribution in [0.4, 0.5) is 0 Å². The predicted molar refractivity (Wildman–Crippen MR) is 216 cm³/mol. The third-order valence-corrected chi connectivity index (χ3v) is 7.54. The van der Waals surface area contributed by atoms with Gasteiger partial charge < -0.3 is 24.2 Å². The molecular formula is C41H69N5O8. The average molecular weight is 760 g/mol. The number of nitrogens with zero attached hydrogens (tertiary/aromatic N) is 5. The summed E-state index contributed by atoms with van der Waals surface area (Å²) in [6, 6.07) is 5.52. The standard InChI is InChI=1S/C35H53N5O8.2C2H6.C2H4/c1-23(2)32(38-27(6)41)24(3)26(5)45-20-29(39-48-19-28-12-13-31(36-18-28)40-17-11-16-37-40)21-47-35(9,10)15-14-30(42)25(4)33(43)46-22-34(7,8)44;3*1-2/h11-13,16-18,23-26,44H,14-15,19-22H2,1-10H3;2*1-2H3;1-2H2/b38-32?,39-29+;;;. The molecule has 1 N–H and O–H groups in total. The Kier molecular flexibility index (Phi) is 26.5. The van der Waals surface area contributed by atoms with Crippen LogP contribution in [0.25, 0.3) is 5.82 Å². The average Bonchev–Trinajstić information content (AvgIpc) is 3.69. The second-order valence-electron chi connectivity index (χ2n) is 13.6. The molecule has 0 saturated carbocycles. The Morgan fingerprint density at radius 1 is 0.981 bits per heavy atom. The monoisotopic (exact) mass is 760 g/mol. The lowest BCUT2D eigenvalue weighted by Gasteiger charge is -2.27. The first-order valence-electron chi connectivity index (χ1n) is 18.8. The second kappa shape index (κ2) is 27.5. The van der Waals surface area contributed by atoms with Gasteiger partial charge in [0.05, 0.1) is 30.5 Å². The fourth-order valence-electron chi connectivity index (χ4n) is 4.38. The van der Waals surface area contributed by atoms with Gasteiger partial charge in [-0.2, -0.15) is 5.10 Å². The molecule has 2 aromatic heterocycles. The van der Waals surface area contributed by atoms with E-state index < -0.39 is 23.1 Å². The smallest absolute Gasteiger partial charge is 0.316 e. The summed E-state index contributed by atoms with van der Waals surface area (Å²) in [5, 5.41) is 18.3. The molecule has 0 aliphatic carbocycles. The fourth-order valence-corrected chi connectivity index (χ4v) is 4.38. The van der Waals surface area contributed by atoms with Gasteiger partial charge in [0.15, 0.2) is 5.82 Å². The third kappa shape index (κ3) is 21.6. The minimum atomic E-state index is -1.18. The van der Waals surface area contributed by atoms with Crippen LogP contribution in [0.15, 0.2) is 60.1 Å². The number of Topliss-reactive ketones (excluding diaryl/α,β-unsaturated/α-hetero) is 1. The van der Waals surface area contributed by atoms with E-state index in [-0.39, 0.29) is 62.5 Å². The van der Waals surface area contributed by atoms with Crippen molar-refractivity contribution in [2.75, 3.05) is 19.8 Å². The quantitative estimate of drug-likeness (QED) is 0.0464. The molecule has 2 aromatic rings. The van der Waals surface area contributed by atoms with Gasteiger partial charge in [0.2, 0.25) is 5.91 Å². The van der Waals surface area contributed by atoms with Crippen molar-refractivity contribution in [1.82, 2.24) is 14.8 Å². The molecule has 0 aromatic carbocycles. The Hall–Kier alpha value is -4.07. The number of ether oxygens (including phenoxy) is 3. The number of aliphatic imine (C=N–C) groups is 1. The molecule has 0 saturated heterocycles. The zero-order valence-electron chi connectivity index (χ0n) is 35.5. The van der Waals surface area contributed by atoms with Gasteiger partial charge in [-0.25, -0.2) is 14.7 Å². The number of pyridine rings is 1. The summed E-state index contributed by atoms with van der Waals surface area (Å²) in [4.78, 5) is 51.1. The normalized spacial score (nSPS) is 13.5. The first-order chi connectivity index (χ1) is 25.4. The van der Waals surface area contributed by atoms with Gasteiger partial charge in [-0.3, -0.25) is 14.4 Å². The summed E-state index contributed by atoms with van der Waals surface area (Å²) in [6.07, 6.45) is 5.31. The van der Waals surface area contributed by atoms with Crippen molar-refractivity contribution < 1.29 is 38.5 Å². The molecule has 3 unspecified atom stereocenters. The molecule has 3 atom stereocenters. The number of amides is 1. The van der Waals surface area contributed by atoms with E-state index in [1.807, 2.05) is 87.4 Å². The molecule has 13 heteroatoms. The van der Waals surface area contributed by atoms with Crippen LogP contribution in [-0.2, 0) is 40.0 Å². The minimum Gasteiger partial charge on any atom is -0.462 e. The van der Waals surface area contributed by atoms with E-state index in [0.29, 0.717) is 18.0 Å². The number of carbonyl (C=O) groups is 3. The summed E-state index contributed by atoms with van der Waals surface area (Å²) >= 11 is 0. The molecule has 0 spiro atoms. The molecule has 54 heavy (non-hydrogen) atoms. The van der Waals surface area contributed by atoms with E-state index in [2.05, 4.69) is 33.4 Å². The molecule has 0 aliphatic heterocycles. The van der Waals surface area contributed by atoms with Crippen molar-refractivity contribution in [1.29, 1.82) is 0 Å². The van der Waals surface area contributed by atoms with E-state index in [4.69, 9.17) is 19.0 Å². The lowest BCUT2D eigenvalue weighted by Crippen LogP contribution is -2.34. The Morgan fingerprint density at radius 3 is 2.11 bits per heavy atom. The molecule has 306 valence electrons. The number of hydrogen-bond donors (Lipinski definition) is 1. The Morgan fingerprint density at radius 2 is 1.61 bits per heavy atom. The second-order valence-corrected chi connectivity index (χ2v) is 13.6. The number of rotatable bonds is 20. The Balaban J connectivity index is 0. The molecule has 0 bridgehead atoms. The first-order valence-corrected chi connectivity index (χ1v) is 18.8. The van der Waals surface area contributed by atoms with Gasteiger partial charge >= 0.3 is 5.97 Å². The number of esters is 1. The minimum absolute atomic E-state index is 0.0561. The van der Waals surface area contributed by atoms with Crippen molar-refractivity contribution in [2.24, 2.45) is 27.9 Å². The van der Waals surface area contributed by atoms with E-state index in [9.17, 15) is 19.5 Å². The van der Waals surface area contributed by atoms with Gasteiger partial charge in [-0.05, 0) is 66.0 Å². The van der Waals surface area contributed by atoms with Gasteiger partial charge in [0.25, 0.3) is 0 Å². The van der Waals surface area contributed by atoms with Crippen molar-refractivity contribution in [3.63, 3.8) is 0 Å². The van der Waals surface area contributed by atoms with Crippen molar-refractivity contribution in [3.8, 4) is 5.82 Å². The third-order valence-electron chi connectivity index (χ3n) is 7.54. The molecule has 1 amide bonds. The molecule has 13 nitrogen and oxygen atoms in total. The van der Waals surface area contributed by atoms with Crippen molar-refractivity contribution >= 4 is 29.1 Å². The lowest BCUT2D eigenvalue weighted by molar-refractivity contribution is -0.157. The number of aliphatic hydroxyl groups is 1. The van der Waals surface area contributed by atoms with Crippen LogP contribution in [0.3, 0.4) is 0 Å². The van der Waals surface area contributed by atoms with Crippen LogP contribution in [-0.4, -0.2) is 86.1 Å². The number of carbonyl (C=O) groups excluding carboxylic acids is 3. The topological polar surface area (TPSA) is 164 Å². The molecule has 0 fully saturated rings. The maximum Gasteiger partial charge on any atom is 0.316 e. The molecule has 2 heterocycles. The van der Waals surface area contributed by atoms with Crippen LogP contribution in [0.2, 0.25) is 0 Å². The van der Waals surface area contributed by atoms with Crippen LogP contribution in [0, 0.1) is 17.8 Å². The van der Waals surface area contributed by atoms with Gasteiger partial charge in [-0.1, -0.05) is 59.7 Å². The largest absolute Gasteiger partial charge is 0.462 e. The summed E-state index contributed by atoms with van der Waals surface area (Å²) in [5.74, 6) is -1.56. The van der Waals surface area contributed by atoms with E-state index >= 15 is 0 Å². The highest BCUT2D eigenvalue weighted by Crippen LogP contribution is 2.20. The highest BCUT2D eigenvalue weighted by atomic mass is 16.6. The predicted octanol–water partition coefficient (Wildman–Crippen LogP) is 7.77. The van der Waals surface area contributed by atoms with Crippen LogP contribution in [0.1, 0.15) is 115 Å². The highest BCUT2D eigenvalue weighted by molar-refractivity contribution is 5.98. The SMILES string of the molecule is C=C.CC.CC.CC(=O)N=C(C(C)C)C(C)C(C)OC/C(COC(C)(C)CCC(=O)C(C)C(=O)OCC(C)(C)O)=N\OCc1ccc(-n2cccn2)nc1. The van der Waals surface area contributed by atoms with Crippen LogP contribution < -0.4 is 0 Å². The first kappa shape index (κ1) is 52.0. The summed E-state index contributed by atoms with van der Waals surface area (Å²) in [7, 11) is 0. The van der Waals surface area contributed by atoms with E-state index in [1.165, 1.54) is 27.7 Å². The highest BCUT2D eigenvalue weighted by Gasteiger charge is 2.28. The summed E-state index contributed by atoms with van der Waals surface area (Å²) in [6.45, 7) is 31.6. The number of ketones is 1. The van der Waals surface area contributed by atoms with Crippen molar-refractivity contribution in [3.05, 3.63) is 55.5 Å². The lowest BCUT2D eigenvalue weighted by atomic mass is 9.91. The zero-order valence-corrected chi connectivity index (χ0v) is 35.5. The zero-order chi connectivity index (χ0) is 42.1. The maximum absolute atomic E-state index is 12.7. The van der Waals surface area contributed by atoms with E-state index in [1.54, 1.807) is 23.3 Å². The fraction of sp³-hybridized carbons (Fsp3) is 0.634. The Labute approximate surface area is 324 Å². The van der Waals surface area contributed by atoms with Crippen molar-refractivity contribution in [2.45, 2.75) is 134 Å².